The molecule has 0 aromatic carbocycles. The molecule has 1 saturated carbocycles. The maximum absolute atomic E-state index is 11.8. The molecule has 0 aliphatic heterocycles. The number of hydrogen-bond donors (Lipinski definition) is 2. The Kier molecular flexibility index (Phi) is 8.62. The van der Waals surface area contributed by atoms with Crippen LogP contribution in [0.5, 0.6) is 0 Å². The zero-order chi connectivity index (χ0) is 16.6. The molecular formula is C17H34N2O2S. The number of amides is 1. The lowest BCUT2D eigenvalue weighted by Crippen LogP contribution is -2.44. The fraction of sp³-hybridized carbons (Fsp3) is 0.941. The molecular weight excluding hydrogens is 296 g/mol. The first-order valence-electron chi connectivity index (χ1n) is 8.62. The van der Waals surface area contributed by atoms with Gasteiger partial charge in [0.1, 0.15) is 5.60 Å². The first-order chi connectivity index (χ1) is 10.3. The molecule has 0 bridgehead atoms. The molecule has 4 nitrogen and oxygen atoms in total. The molecule has 3 atom stereocenters. The van der Waals surface area contributed by atoms with Gasteiger partial charge in [-0.2, -0.15) is 11.8 Å². The van der Waals surface area contributed by atoms with Gasteiger partial charge < -0.3 is 15.4 Å². The van der Waals surface area contributed by atoms with Crippen molar-refractivity contribution in [3.05, 3.63) is 0 Å². The third kappa shape index (κ3) is 8.28. The number of alkyl carbamates (subject to hydrolysis) is 1. The monoisotopic (exact) mass is 330 g/mol. The summed E-state index contributed by atoms with van der Waals surface area (Å²) < 4.78 is 5.31. The summed E-state index contributed by atoms with van der Waals surface area (Å²) in [7, 11) is 0. The van der Waals surface area contributed by atoms with E-state index in [2.05, 4.69) is 24.5 Å². The fourth-order valence-corrected chi connectivity index (χ4v) is 3.69. The van der Waals surface area contributed by atoms with Gasteiger partial charge in [-0.3, -0.25) is 0 Å². The van der Waals surface area contributed by atoms with Crippen LogP contribution in [-0.4, -0.2) is 41.8 Å². The minimum atomic E-state index is -0.428. The third-order valence-corrected chi connectivity index (χ3v) is 4.90. The largest absolute Gasteiger partial charge is 0.444 e. The van der Waals surface area contributed by atoms with E-state index in [9.17, 15) is 4.79 Å². The molecule has 1 aliphatic carbocycles. The average molecular weight is 331 g/mol. The number of carbonyl (C=O) groups is 1. The number of carbonyl (C=O) groups excluding carboxylic acids is 1. The van der Waals surface area contributed by atoms with Gasteiger partial charge in [0.25, 0.3) is 0 Å². The Labute approximate surface area is 140 Å². The first-order valence-corrected chi connectivity index (χ1v) is 9.78. The second-order valence-corrected chi connectivity index (χ2v) is 8.63. The number of thioether (sulfide) groups is 1. The van der Waals surface area contributed by atoms with Gasteiger partial charge >= 0.3 is 6.09 Å². The van der Waals surface area contributed by atoms with Crippen LogP contribution in [0, 0.1) is 5.92 Å². The van der Waals surface area contributed by atoms with Gasteiger partial charge in [0.15, 0.2) is 0 Å². The van der Waals surface area contributed by atoms with Crippen molar-refractivity contribution in [1.82, 2.24) is 10.6 Å². The van der Waals surface area contributed by atoms with E-state index < -0.39 is 5.60 Å². The lowest BCUT2D eigenvalue weighted by atomic mass is 10.0. The van der Waals surface area contributed by atoms with Gasteiger partial charge in [0.05, 0.1) is 0 Å². The molecule has 0 saturated heterocycles. The van der Waals surface area contributed by atoms with E-state index in [1.54, 1.807) is 0 Å². The van der Waals surface area contributed by atoms with Gasteiger partial charge in [-0.05, 0) is 64.4 Å². The third-order valence-electron chi connectivity index (χ3n) is 3.96. The minimum Gasteiger partial charge on any atom is -0.444 e. The van der Waals surface area contributed by atoms with Crippen LogP contribution in [0.2, 0.25) is 0 Å². The van der Waals surface area contributed by atoms with Gasteiger partial charge in [-0.1, -0.05) is 13.3 Å². The summed E-state index contributed by atoms with van der Waals surface area (Å²) in [6.07, 6.45) is 4.55. The quantitative estimate of drug-likeness (QED) is 0.665. The summed E-state index contributed by atoms with van der Waals surface area (Å²) in [5.41, 5.74) is -0.428. The van der Waals surface area contributed by atoms with E-state index in [1.165, 1.54) is 37.2 Å². The van der Waals surface area contributed by atoms with Crippen molar-refractivity contribution in [3.63, 3.8) is 0 Å². The highest BCUT2D eigenvalue weighted by atomic mass is 32.2. The van der Waals surface area contributed by atoms with Crippen LogP contribution in [0.1, 0.15) is 60.3 Å². The van der Waals surface area contributed by atoms with Crippen molar-refractivity contribution in [2.75, 3.05) is 18.1 Å². The van der Waals surface area contributed by atoms with E-state index in [4.69, 9.17) is 4.74 Å². The van der Waals surface area contributed by atoms with Gasteiger partial charge in [-0.25, -0.2) is 4.79 Å². The van der Waals surface area contributed by atoms with Gasteiger partial charge in [-0.15, -0.1) is 0 Å². The van der Waals surface area contributed by atoms with E-state index in [-0.39, 0.29) is 6.09 Å². The standard InChI is InChI=1S/C17H34N2O2S/c1-6-22-11-10-13(2)19-15-9-7-8-14(15)12-18-16(20)21-17(3,4)5/h13-15,19H,6-12H2,1-5H3,(H,18,20). The Morgan fingerprint density at radius 3 is 2.73 bits per heavy atom. The molecule has 1 rings (SSSR count). The van der Waals surface area contributed by atoms with Crippen molar-refractivity contribution >= 4 is 17.9 Å². The Hall–Kier alpha value is -0.420. The molecule has 1 aliphatic rings. The molecule has 2 N–H and O–H groups in total. The minimum absolute atomic E-state index is 0.300. The highest BCUT2D eigenvalue weighted by molar-refractivity contribution is 7.99. The molecule has 22 heavy (non-hydrogen) atoms. The van der Waals surface area contributed by atoms with E-state index in [1.807, 2.05) is 32.5 Å². The molecule has 0 radical (unpaired) electrons. The Morgan fingerprint density at radius 1 is 1.36 bits per heavy atom. The summed E-state index contributed by atoms with van der Waals surface area (Å²) in [6.45, 7) is 10.9. The molecule has 0 spiro atoms. The smallest absolute Gasteiger partial charge is 0.407 e. The Bertz CT molecular complexity index is 331. The SMILES string of the molecule is CCSCCC(C)NC1CCCC1CNC(=O)OC(C)(C)C. The van der Waals surface area contributed by atoms with E-state index in [0.717, 1.165) is 0 Å². The molecule has 1 amide bonds. The van der Waals surface area contributed by atoms with Crippen molar-refractivity contribution < 1.29 is 9.53 Å². The van der Waals surface area contributed by atoms with Crippen molar-refractivity contribution in [1.29, 1.82) is 0 Å². The van der Waals surface area contributed by atoms with Crippen LogP contribution in [0.3, 0.4) is 0 Å². The zero-order valence-corrected chi connectivity index (χ0v) is 15.7. The summed E-state index contributed by atoms with van der Waals surface area (Å²) in [5, 5.41) is 6.69. The topological polar surface area (TPSA) is 50.4 Å². The van der Waals surface area contributed by atoms with Crippen LogP contribution in [0.25, 0.3) is 0 Å². The summed E-state index contributed by atoms with van der Waals surface area (Å²) in [5.74, 6) is 2.94. The Morgan fingerprint density at radius 2 is 2.09 bits per heavy atom. The fourth-order valence-electron chi connectivity index (χ4n) is 2.88. The molecule has 0 heterocycles. The van der Waals surface area contributed by atoms with Crippen molar-refractivity contribution in [3.8, 4) is 0 Å². The number of rotatable bonds is 8. The summed E-state index contributed by atoms with van der Waals surface area (Å²) in [6, 6.07) is 1.07. The van der Waals surface area contributed by atoms with E-state index >= 15 is 0 Å². The first kappa shape index (κ1) is 19.6. The maximum atomic E-state index is 11.8. The van der Waals surface area contributed by atoms with Gasteiger partial charge in [0, 0.05) is 18.6 Å². The van der Waals surface area contributed by atoms with Crippen LogP contribution in [0.4, 0.5) is 4.79 Å². The maximum Gasteiger partial charge on any atom is 0.407 e. The molecule has 130 valence electrons. The Balaban J connectivity index is 2.29. The normalized spacial score (nSPS) is 23.3. The second kappa shape index (κ2) is 9.66. The van der Waals surface area contributed by atoms with Gasteiger partial charge in [0.2, 0.25) is 0 Å². The number of ether oxygens (including phenoxy) is 1. The number of nitrogens with one attached hydrogen (secondary N) is 2. The highest BCUT2D eigenvalue weighted by Crippen LogP contribution is 2.26. The number of hydrogen-bond acceptors (Lipinski definition) is 4. The van der Waals surface area contributed by atoms with Crippen LogP contribution >= 0.6 is 11.8 Å². The zero-order valence-electron chi connectivity index (χ0n) is 14.9. The predicted molar refractivity (Wildman–Crippen MR) is 95.6 cm³/mol. The van der Waals surface area contributed by atoms with Crippen LogP contribution < -0.4 is 10.6 Å². The molecule has 0 aromatic heterocycles. The lowest BCUT2D eigenvalue weighted by molar-refractivity contribution is 0.0517. The van der Waals surface area contributed by atoms with Crippen LogP contribution in [-0.2, 0) is 4.74 Å². The second-order valence-electron chi connectivity index (χ2n) is 7.23. The lowest BCUT2D eigenvalue weighted by Gasteiger charge is -2.26. The summed E-state index contributed by atoms with van der Waals surface area (Å²) in [4.78, 5) is 11.8. The highest BCUT2D eigenvalue weighted by Gasteiger charge is 2.28. The predicted octanol–water partition coefficient (Wildman–Crippen LogP) is 3.80. The van der Waals surface area contributed by atoms with Crippen molar-refractivity contribution in [2.45, 2.75) is 78.0 Å². The molecule has 1 fully saturated rings. The molecule has 5 heteroatoms. The van der Waals surface area contributed by atoms with Crippen molar-refractivity contribution in [2.24, 2.45) is 5.92 Å². The van der Waals surface area contributed by atoms with Crippen LogP contribution in [0.15, 0.2) is 0 Å². The molecule has 3 unspecified atom stereocenters. The summed E-state index contributed by atoms with van der Waals surface area (Å²) >= 11 is 2.00. The average Bonchev–Trinajstić information content (AvgIpc) is 2.82. The molecule has 0 aromatic rings. The van der Waals surface area contributed by atoms with E-state index in [0.29, 0.717) is 24.5 Å².